The van der Waals surface area contributed by atoms with E-state index < -0.39 is 61.2 Å². The molecule has 14 nitrogen and oxygen atoms in total. The number of esters is 4. The Morgan fingerprint density at radius 3 is 2.15 bits per heavy atom. The highest BCUT2D eigenvalue weighted by Crippen LogP contribution is 2.38. The maximum atomic E-state index is 13.8. The van der Waals surface area contributed by atoms with Crippen LogP contribution in [0.2, 0.25) is 0 Å². The number of hydrogen-bond acceptors (Lipinski definition) is 14. The summed E-state index contributed by atoms with van der Waals surface area (Å²) in [6.45, 7) is 7.76. The van der Waals surface area contributed by atoms with Gasteiger partial charge in [0.05, 0.1) is 10.9 Å². The molecule has 1 fully saturated rings. The predicted molar refractivity (Wildman–Crippen MR) is 161 cm³/mol. The minimum absolute atomic E-state index is 0.0896. The van der Waals surface area contributed by atoms with Gasteiger partial charge in [0.1, 0.15) is 29.8 Å². The standard InChI is InChI=1S/C33H34O14/c1-7-20-10-22-25(42-15(2)28(29(22)38)21-8-9-23-26(11-21)41-14-40-23)12-24(20)46-33-32(45-19(6)37)31(44-18(5)36)30(43-17(4)35)27(47-33)13-39-16(3)34/h8-12,27,30-33H,7,13-14H2,1-6H3/t27-,30+,31-,32+,33-/m0/s1. The van der Waals surface area contributed by atoms with Crippen LogP contribution in [0.4, 0.5) is 0 Å². The van der Waals surface area contributed by atoms with Gasteiger partial charge in [0.25, 0.3) is 0 Å². The van der Waals surface area contributed by atoms with E-state index in [9.17, 15) is 24.0 Å². The van der Waals surface area contributed by atoms with Gasteiger partial charge < -0.3 is 42.3 Å². The second-order valence-corrected chi connectivity index (χ2v) is 10.9. The zero-order chi connectivity index (χ0) is 34.0. The Hall–Kier alpha value is -5.11. The smallest absolute Gasteiger partial charge is 0.303 e. The first-order chi connectivity index (χ1) is 22.4. The third-order valence-electron chi connectivity index (χ3n) is 7.48. The highest BCUT2D eigenvalue weighted by atomic mass is 16.7. The first kappa shape index (κ1) is 33.3. The van der Waals surface area contributed by atoms with Crippen LogP contribution in [-0.2, 0) is 49.3 Å². The Morgan fingerprint density at radius 2 is 1.49 bits per heavy atom. The molecule has 2 aliphatic rings. The molecule has 0 aliphatic carbocycles. The van der Waals surface area contributed by atoms with Crippen molar-refractivity contribution in [3.63, 3.8) is 0 Å². The van der Waals surface area contributed by atoms with Crippen LogP contribution in [-0.4, -0.2) is 68.0 Å². The van der Waals surface area contributed by atoms with Gasteiger partial charge >= 0.3 is 23.9 Å². The molecule has 0 radical (unpaired) electrons. The highest BCUT2D eigenvalue weighted by Gasteiger charge is 2.53. The molecular formula is C33H34O14. The van der Waals surface area contributed by atoms with Crippen molar-refractivity contribution in [3.8, 4) is 28.4 Å². The maximum absolute atomic E-state index is 13.8. The van der Waals surface area contributed by atoms with Crippen LogP contribution in [0.1, 0.15) is 45.9 Å². The first-order valence-corrected chi connectivity index (χ1v) is 14.8. The van der Waals surface area contributed by atoms with Crippen LogP contribution >= 0.6 is 0 Å². The Morgan fingerprint density at radius 1 is 0.830 bits per heavy atom. The summed E-state index contributed by atoms with van der Waals surface area (Å²) in [5.41, 5.74) is 1.44. The summed E-state index contributed by atoms with van der Waals surface area (Å²) < 4.78 is 50.9. The molecule has 2 aromatic carbocycles. The summed E-state index contributed by atoms with van der Waals surface area (Å²) in [5.74, 6) is -1.30. The van der Waals surface area contributed by atoms with E-state index in [1.54, 1.807) is 31.2 Å². The van der Waals surface area contributed by atoms with Crippen molar-refractivity contribution in [2.75, 3.05) is 13.4 Å². The van der Waals surface area contributed by atoms with E-state index in [1.165, 1.54) is 13.0 Å². The van der Waals surface area contributed by atoms with Crippen molar-refractivity contribution in [1.82, 2.24) is 0 Å². The monoisotopic (exact) mass is 654 g/mol. The number of benzene rings is 2. The van der Waals surface area contributed by atoms with E-state index >= 15 is 0 Å². The number of fused-ring (bicyclic) bond motifs is 2. The molecule has 14 heteroatoms. The molecule has 0 bridgehead atoms. The Balaban J connectivity index is 1.56. The Bertz CT molecular complexity index is 1780. The van der Waals surface area contributed by atoms with Gasteiger partial charge in [-0.3, -0.25) is 24.0 Å². The van der Waals surface area contributed by atoms with Crippen LogP contribution in [0, 0.1) is 6.92 Å². The van der Waals surface area contributed by atoms with E-state index in [2.05, 4.69) is 0 Å². The summed E-state index contributed by atoms with van der Waals surface area (Å²) in [6.07, 6.45) is -6.44. The van der Waals surface area contributed by atoms with E-state index in [1.807, 2.05) is 6.92 Å². The van der Waals surface area contributed by atoms with E-state index in [-0.39, 0.29) is 28.9 Å². The van der Waals surface area contributed by atoms with Crippen LogP contribution in [0.25, 0.3) is 22.1 Å². The molecule has 5 atom stereocenters. The van der Waals surface area contributed by atoms with Crippen LogP contribution in [0.5, 0.6) is 17.2 Å². The van der Waals surface area contributed by atoms with Crippen molar-refractivity contribution in [2.45, 2.75) is 78.7 Å². The summed E-state index contributed by atoms with van der Waals surface area (Å²) >= 11 is 0. The van der Waals surface area contributed by atoms with E-state index in [0.717, 1.165) is 20.8 Å². The van der Waals surface area contributed by atoms with Crippen LogP contribution in [0.15, 0.2) is 39.5 Å². The lowest BCUT2D eigenvalue weighted by Gasteiger charge is -2.44. The normalized spacial score (nSPS) is 21.5. The highest BCUT2D eigenvalue weighted by molar-refractivity contribution is 5.85. The molecule has 3 heterocycles. The number of carbonyl (C=O) groups is 4. The number of hydrogen-bond donors (Lipinski definition) is 0. The SMILES string of the molecule is CCc1cc2c(=O)c(-c3ccc4c(c3)OCO4)c(C)oc2cc1O[C@H]1O[C@@H](COC(C)=O)[C@@H](OC(C)=O)[C@H](OC(C)=O)[C@H]1OC(C)=O. The summed E-state index contributed by atoms with van der Waals surface area (Å²) in [6, 6.07) is 8.35. The maximum Gasteiger partial charge on any atom is 0.303 e. The Labute approximate surface area is 268 Å². The van der Waals surface area contributed by atoms with Gasteiger partial charge in [0.2, 0.25) is 24.6 Å². The molecule has 0 amide bonds. The summed E-state index contributed by atoms with van der Waals surface area (Å²) in [7, 11) is 0. The molecule has 2 aliphatic heterocycles. The van der Waals surface area contributed by atoms with Crippen molar-refractivity contribution < 1.29 is 61.5 Å². The molecule has 3 aromatic rings. The summed E-state index contributed by atoms with van der Waals surface area (Å²) in [4.78, 5) is 62.0. The van der Waals surface area contributed by atoms with Gasteiger partial charge in [-0.1, -0.05) is 13.0 Å². The van der Waals surface area contributed by atoms with Gasteiger partial charge in [0, 0.05) is 33.8 Å². The molecule has 0 spiro atoms. The molecule has 0 saturated carbocycles. The fourth-order valence-electron chi connectivity index (χ4n) is 5.56. The van der Waals surface area contributed by atoms with Gasteiger partial charge in [-0.25, -0.2) is 0 Å². The third kappa shape index (κ3) is 7.17. The molecule has 1 aromatic heterocycles. The number of carbonyl (C=O) groups excluding carboxylic acids is 4. The van der Waals surface area contributed by atoms with Crippen molar-refractivity contribution in [3.05, 3.63) is 51.9 Å². The fraction of sp³-hybridized carbons (Fsp3) is 0.424. The summed E-state index contributed by atoms with van der Waals surface area (Å²) in [5, 5.41) is 0.286. The van der Waals surface area contributed by atoms with Crippen LogP contribution < -0.4 is 19.6 Å². The van der Waals surface area contributed by atoms with Crippen LogP contribution in [0.3, 0.4) is 0 Å². The zero-order valence-corrected chi connectivity index (χ0v) is 26.6. The molecule has 1 saturated heterocycles. The molecule has 0 N–H and O–H groups in total. The quantitative estimate of drug-likeness (QED) is 0.242. The van der Waals surface area contributed by atoms with Gasteiger partial charge in [-0.15, -0.1) is 0 Å². The third-order valence-corrected chi connectivity index (χ3v) is 7.48. The Kier molecular flexibility index (Phi) is 9.70. The zero-order valence-electron chi connectivity index (χ0n) is 26.6. The number of rotatable bonds is 9. The van der Waals surface area contributed by atoms with Gasteiger partial charge in [0.15, 0.2) is 23.7 Å². The number of ether oxygens (including phenoxy) is 8. The average molecular weight is 655 g/mol. The van der Waals surface area contributed by atoms with Crippen molar-refractivity contribution >= 4 is 34.8 Å². The lowest BCUT2D eigenvalue weighted by atomic mass is 9.97. The minimum Gasteiger partial charge on any atom is -0.463 e. The molecular weight excluding hydrogens is 620 g/mol. The van der Waals surface area contributed by atoms with E-state index in [4.69, 9.17) is 42.3 Å². The molecule has 250 valence electrons. The first-order valence-electron chi connectivity index (χ1n) is 14.8. The van der Waals surface area contributed by atoms with Gasteiger partial charge in [-0.2, -0.15) is 0 Å². The molecule has 0 unspecified atom stereocenters. The number of aryl methyl sites for hydroxylation is 2. The largest absolute Gasteiger partial charge is 0.463 e. The van der Waals surface area contributed by atoms with Gasteiger partial charge in [-0.05, 0) is 42.7 Å². The predicted octanol–water partition coefficient (Wildman–Crippen LogP) is 3.52. The lowest BCUT2D eigenvalue weighted by Crippen LogP contribution is -2.63. The molecule has 5 rings (SSSR count). The second-order valence-electron chi connectivity index (χ2n) is 10.9. The lowest BCUT2D eigenvalue weighted by molar-refractivity contribution is -0.288. The molecule has 47 heavy (non-hydrogen) atoms. The van der Waals surface area contributed by atoms with Crippen molar-refractivity contribution in [1.29, 1.82) is 0 Å². The van der Waals surface area contributed by atoms with Crippen molar-refractivity contribution in [2.24, 2.45) is 0 Å². The van der Waals surface area contributed by atoms with E-state index in [0.29, 0.717) is 40.4 Å². The average Bonchev–Trinajstić information content (AvgIpc) is 3.46. The second kappa shape index (κ2) is 13.7. The minimum atomic E-state index is -1.46. The topological polar surface area (TPSA) is 172 Å². The fourth-order valence-corrected chi connectivity index (χ4v) is 5.56.